The first-order chi connectivity index (χ1) is 23.1. The first kappa shape index (κ1) is 49.8. The molecule has 0 aliphatic heterocycles. The van der Waals surface area contributed by atoms with Gasteiger partial charge in [-0.3, -0.25) is 14.4 Å². The molecule has 0 heterocycles. The third kappa shape index (κ3) is 43.1. The SMILES string of the molecule is O=C(CSCSCSCCOOCSCSCSCOC(=O)CSCSCSCC(=O)OCCSCSCO)OCCSCSCO. The Bertz CT molecular complexity index is 723. The van der Waals surface area contributed by atoms with Crippen molar-refractivity contribution in [2.45, 2.75) is 0 Å². The number of aliphatic hydroxyl groups is 2. The van der Waals surface area contributed by atoms with E-state index in [4.69, 9.17) is 34.2 Å². The fourth-order valence-electron chi connectivity index (χ4n) is 2.15. The number of carbonyl (C=O) groups excluding carboxylic acids is 3. The summed E-state index contributed by atoms with van der Waals surface area (Å²) < 4.78 is 15.6. The first-order valence-corrected chi connectivity index (χ1v) is 28.5. The molecule has 0 bridgehead atoms. The van der Waals surface area contributed by atoms with Crippen LogP contribution in [0.25, 0.3) is 0 Å². The topological polar surface area (TPSA) is 138 Å². The number of hydrogen-bond donors (Lipinski definition) is 2. The molecular formula is C24H44O10S13. The highest BCUT2D eigenvalue weighted by Gasteiger charge is 2.06. The quantitative estimate of drug-likeness (QED) is 0.0172. The number of rotatable bonds is 38. The second-order valence-electron chi connectivity index (χ2n) is 7.53. The van der Waals surface area contributed by atoms with Crippen molar-refractivity contribution >= 4 is 171 Å². The molecule has 0 amide bonds. The van der Waals surface area contributed by atoms with Crippen LogP contribution in [-0.4, -0.2) is 147 Å². The summed E-state index contributed by atoms with van der Waals surface area (Å²) in [6.07, 6.45) is 0. The van der Waals surface area contributed by atoms with Gasteiger partial charge in [-0.2, -0.15) is 0 Å². The van der Waals surface area contributed by atoms with Crippen LogP contribution in [-0.2, 0) is 38.4 Å². The molecule has 0 fully saturated rings. The highest BCUT2D eigenvalue weighted by atomic mass is 32.2. The Labute approximate surface area is 334 Å². The second-order valence-corrected chi connectivity index (χ2v) is 23.5. The van der Waals surface area contributed by atoms with E-state index in [9.17, 15) is 14.4 Å². The van der Waals surface area contributed by atoms with Crippen LogP contribution in [0.5, 0.6) is 0 Å². The minimum absolute atomic E-state index is 0.107. The first-order valence-electron chi connectivity index (χ1n) is 13.5. The maximum absolute atomic E-state index is 11.8. The molecule has 0 saturated carbocycles. The molecule has 0 saturated heterocycles. The number of hydrogen-bond acceptors (Lipinski definition) is 23. The van der Waals surface area contributed by atoms with Gasteiger partial charge in [0.1, 0.15) is 25.1 Å². The minimum Gasteiger partial charge on any atom is -0.464 e. The van der Waals surface area contributed by atoms with E-state index in [0.717, 1.165) is 57.9 Å². The summed E-state index contributed by atoms with van der Waals surface area (Å²) in [6.45, 7) is 1.33. The van der Waals surface area contributed by atoms with Crippen molar-refractivity contribution in [2.75, 3.05) is 119 Å². The lowest BCUT2D eigenvalue weighted by Crippen LogP contribution is -2.10. The molecule has 0 aliphatic carbocycles. The van der Waals surface area contributed by atoms with Crippen molar-refractivity contribution in [1.82, 2.24) is 0 Å². The van der Waals surface area contributed by atoms with Gasteiger partial charge in [-0.25, -0.2) is 9.78 Å². The van der Waals surface area contributed by atoms with Gasteiger partial charge in [0.25, 0.3) is 0 Å². The number of aliphatic hydroxyl groups excluding tert-OH is 2. The summed E-state index contributed by atoms with van der Waals surface area (Å²) in [4.78, 5) is 45.5. The lowest BCUT2D eigenvalue weighted by Gasteiger charge is -2.06. The summed E-state index contributed by atoms with van der Waals surface area (Å²) in [5, 5.41) is 23.9. The third-order valence-corrected chi connectivity index (χ3v) is 18.3. The molecule has 0 atom stereocenters. The molecule has 23 heteroatoms. The van der Waals surface area contributed by atoms with Crippen molar-refractivity contribution in [3.63, 3.8) is 0 Å². The van der Waals surface area contributed by atoms with E-state index in [1.807, 2.05) is 0 Å². The van der Waals surface area contributed by atoms with E-state index in [0.29, 0.717) is 49.0 Å². The van der Waals surface area contributed by atoms with Gasteiger partial charge in [-0.1, -0.05) is 0 Å². The second kappa shape index (κ2) is 43.2. The Balaban J connectivity index is 3.24. The van der Waals surface area contributed by atoms with Crippen LogP contribution in [0, 0.1) is 0 Å². The van der Waals surface area contributed by atoms with Crippen molar-refractivity contribution in [1.29, 1.82) is 0 Å². The summed E-state index contributed by atoms with van der Waals surface area (Å²) in [7, 11) is 0. The number of esters is 3. The van der Waals surface area contributed by atoms with Crippen LogP contribution in [0.15, 0.2) is 0 Å². The number of carbonyl (C=O) groups is 3. The standard InChI is InChI=1S/C24H44O10S13/c25-10-41-14-35-4-1-30-22(27)7-38-17-45-16-37-6-3-33-34-13-44-21-47-20-43-12-32-24(29)9-40-19-46-18-39-8-23(28)31-2-5-36-15-42-11-26/h25-26H,1-21H2. The lowest BCUT2D eigenvalue weighted by atomic mass is 10.8. The molecule has 47 heavy (non-hydrogen) atoms. The average Bonchev–Trinajstić information content (AvgIpc) is 3.06. The summed E-state index contributed by atoms with van der Waals surface area (Å²) in [5.41, 5.74) is 0. The zero-order chi connectivity index (χ0) is 34.3. The molecule has 0 aromatic carbocycles. The third-order valence-electron chi connectivity index (χ3n) is 3.99. The maximum atomic E-state index is 11.8. The van der Waals surface area contributed by atoms with E-state index in [2.05, 4.69) is 0 Å². The van der Waals surface area contributed by atoms with Crippen molar-refractivity contribution < 1.29 is 48.6 Å². The predicted octanol–water partition coefficient (Wildman–Crippen LogP) is 6.57. The normalized spacial score (nSPS) is 11.1. The zero-order valence-electron chi connectivity index (χ0n) is 25.8. The van der Waals surface area contributed by atoms with Gasteiger partial charge in [0.15, 0.2) is 0 Å². The molecule has 0 aromatic heterocycles. The summed E-state index contributed by atoms with van der Waals surface area (Å²) >= 11 is 20.8. The molecule has 0 aromatic rings. The molecule has 0 rings (SSSR count). The predicted molar refractivity (Wildman–Crippen MR) is 226 cm³/mol. The molecule has 0 radical (unpaired) electrons. The Morgan fingerprint density at radius 3 is 1.26 bits per heavy atom. The van der Waals surface area contributed by atoms with E-state index < -0.39 is 0 Å². The monoisotopic (exact) mass is 908 g/mol. The minimum atomic E-state index is -0.218. The van der Waals surface area contributed by atoms with Gasteiger partial charge in [0.05, 0.1) is 35.7 Å². The highest BCUT2D eigenvalue weighted by molar-refractivity contribution is 8.24. The van der Waals surface area contributed by atoms with Crippen molar-refractivity contribution in [3.8, 4) is 0 Å². The molecule has 0 unspecified atom stereocenters. The van der Waals surface area contributed by atoms with Gasteiger partial charge >= 0.3 is 17.9 Å². The van der Waals surface area contributed by atoms with Gasteiger partial charge in [-0.05, 0) is 0 Å². The highest BCUT2D eigenvalue weighted by Crippen LogP contribution is 2.21. The Morgan fingerprint density at radius 2 is 0.766 bits per heavy atom. The van der Waals surface area contributed by atoms with Crippen LogP contribution >= 0.6 is 153 Å². The Hall–Kier alpha value is 2.80. The molecule has 278 valence electrons. The van der Waals surface area contributed by atoms with E-state index >= 15 is 0 Å². The Kier molecular flexibility index (Phi) is 45.8. The smallest absolute Gasteiger partial charge is 0.316 e. The molecule has 2 N–H and O–H groups in total. The lowest BCUT2D eigenvalue weighted by molar-refractivity contribution is -0.274. The van der Waals surface area contributed by atoms with Crippen LogP contribution < -0.4 is 0 Å². The van der Waals surface area contributed by atoms with Crippen molar-refractivity contribution in [3.05, 3.63) is 0 Å². The van der Waals surface area contributed by atoms with Gasteiger partial charge < -0.3 is 24.4 Å². The van der Waals surface area contributed by atoms with Gasteiger partial charge in [0.2, 0.25) is 0 Å². The molecule has 10 nitrogen and oxygen atoms in total. The Morgan fingerprint density at radius 1 is 0.383 bits per heavy atom. The largest absolute Gasteiger partial charge is 0.464 e. The fourth-order valence-corrected chi connectivity index (χ4v) is 13.8. The summed E-state index contributed by atoms with van der Waals surface area (Å²) in [6, 6.07) is 0. The average molecular weight is 909 g/mol. The van der Waals surface area contributed by atoms with Crippen LogP contribution in [0.4, 0.5) is 0 Å². The molecular weight excluding hydrogens is 865 g/mol. The van der Waals surface area contributed by atoms with Crippen LogP contribution in [0.2, 0.25) is 0 Å². The van der Waals surface area contributed by atoms with E-state index in [1.54, 1.807) is 106 Å². The maximum Gasteiger partial charge on any atom is 0.316 e. The fraction of sp³-hybridized carbons (Fsp3) is 0.875. The molecule has 0 aliphatic rings. The van der Waals surface area contributed by atoms with Crippen LogP contribution in [0.3, 0.4) is 0 Å². The van der Waals surface area contributed by atoms with Gasteiger partial charge in [0, 0.05) is 57.9 Å². The number of ether oxygens (including phenoxy) is 3. The zero-order valence-corrected chi connectivity index (χ0v) is 36.4. The van der Waals surface area contributed by atoms with Crippen LogP contribution in [0.1, 0.15) is 0 Å². The van der Waals surface area contributed by atoms with E-state index in [1.165, 1.54) is 47.0 Å². The number of thioether (sulfide) groups is 13. The van der Waals surface area contributed by atoms with E-state index in [-0.39, 0.29) is 29.8 Å². The van der Waals surface area contributed by atoms with Crippen molar-refractivity contribution in [2.24, 2.45) is 0 Å². The van der Waals surface area contributed by atoms with Gasteiger partial charge in [-0.15, -0.1) is 153 Å². The summed E-state index contributed by atoms with van der Waals surface area (Å²) in [5.74, 6) is 3.73. The molecule has 0 spiro atoms.